The number of piperidine rings is 1. The molecule has 3 aliphatic heterocycles. The molecule has 1 aliphatic carbocycles. The molecule has 0 bridgehead atoms. The zero-order chi connectivity index (χ0) is 25.7. The lowest BCUT2D eigenvalue weighted by Gasteiger charge is -2.51. The van der Waals surface area contributed by atoms with Crippen molar-refractivity contribution >= 4 is 24.3 Å². The number of nitrogens with zero attached hydrogens (tertiary/aromatic N) is 2. The topological polar surface area (TPSA) is 133 Å². The number of hydrogen-bond acceptors (Lipinski definition) is 10. The van der Waals surface area contributed by atoms with Crippen molar-refractivity contribution < 1.29 is 43.0 Å². The van der Waals surface area contributed by atoms with Crippen LogP contribution < -0.4 is 5.32 Å². The van der Waals surface area contributed by atoms with Crippen molar-refractivity contribution in [1.29, 1.82) is 0 Å². The Morgan fingerprint density at radius 1 is 0.971 bits per heavy atom. The van der Waals surface area contributed by atoms with Crippen LogP contribution in [0.2, 0.25) is 0 Å². The number of carbonyl (C=O) groups excluding carboxylic acids is 4. The van der Waals surface area contributed by atoms with Gasteiger partial charge in [-0.15, -0.1) is 5.06 Å². The number of alkyl carbamates (subject to hydrolysis) is 1. The van der Waals surface area contributed by atoms with E-state index in [0.717, 1.165) is 12.8 Å². The molecular formula is C23H33N3O9. The van der Waals surface area contributed by atoms with Crippen LogP contribution in [0.4, 0.5) is 14.4 Å². The van der Waals surface area contributed by atoms with E-state index in [9.17, 15) is 19.2 Å². The lowest BCUT2D eigenvalue weighted by atomic mass is 9.79. The predicted octanol–water partition coefficient (Wildman–Crippen LogP) is 2.82. The third-order valence-corrected chi connectivity index (χ3v) is 5.85. The Labute approximate surface area is 203 Å². The molecule has 12 heteroatoms. The number of carbonyl (C=O) groups is 4. The van der Waals surface area contributed by atoms with E-state index in [2.05, 4.69) is 5.32 Å². The fourth-order valence-corrected chi connectivity index (χ4v) is 4.37. The third-order valence-electron chi connectivity index (χ3n) is 5.85. The van der Waals surface area contributed by atoms with Crippen LogP contribution in [0, 0.1) is 5.92 Å². The summed E-state index contributed by atoms with van der Waals surface area (Å²) in [7, 11) is 0. The minimum absolute atomic E-state index is 0.00819. The van der Waals surface area contributed by atoms with E-state index in [1.54, 1.807) is 41.5 Å². The summed E-state index contributed by atoms with van der Waals surface area (Å²) in [5.41, 5.74) is -1.04. The smallest absolute Gasteiger partial charge is 0.445 e. The molecule has 3 heterocycles. The van der Waals surface area contributed by atoms with Gasteiger partial charge < -0.3 is 29.1 Å². The van der Waals surface area contributed by atoms with Crippen LogP contribution in [-0.2, 0) is 28.6 Å². The SMILES string of the molecule is CC(C)(C)OC(=O)OC1=C(COC(=O)NC2CC2)C2CCN(OC(=O)OC(C)(C)C)[C@@H]3C(=O)N1[C@H]23. The number of rotatable bonds is 5. The summed E-state index contributed by atoms with van der Waals surface area (Å²) in [6.07, 6.45) is -0.153. The molecule has 1 N–H and O–H groups in total. The van der Waals surface area contributed by atoms with Gasteiger partial charge in [-0.05, 0) is 60.8 Å². The van der Waals surface area contributed by atoms with E-state index >= 15 is 0 Å². The van der Waals surface area contributed by atoms with Gasteiger partial charge in [0, 0.05) is 24.1 Å². The van der Waals surface area contributed by atoms with Gasteiger partial charge in [0.1, 0.15) is 23.9 Å². The van der Waals surface area contributed by atoms with Gasteiger partial charge >= 0.3 is 18.4 Å². The van der Waals surface area contributed by atoms with Gasteiger partial charge in [0.25, 0.3) is 5.91 Å². The third kappa shape index (κ3) is 5.63. The van der Waals surface area contributed by atoms with E-state index in [1.165, 1.54) is 9.96 Å². The lowest BCUT2D eigenvalue weighted by molar-refractivity contribution is -0.223. The summed E-state index contributed by atoms with van der Waals surface area (Å²) in [6, 6.07) is -1.09. The maximum absolute atomic E-state index is 13.1. The van der Waals surface area contributed by atoms with Gasteiger partial charge in [-0.1, -0.05) is 0 Å². The largest absolute Gasteiger partial charge is 0.528 e. The number of hydroxylamine groups is 2. The molecule has 3 fully saturated rings. The first-order valence-corrected chi connectivity index (χ1v) is 11.8. The molecule has 3 atom stereocenters. The second-order valence-corrected chi connectivity index (χ2v) is 11.1. The molecule has 1 unspecified atom stereocenters. The molecule has 1 saturated carbocycles. The van der Waals surface area contributed by atoms with Crippen molar-refractivity contribution in [3.8, 4) is 0 Å². The fraction of sp³-hybridized carbons (Fsp3) is 0.739. The molecule has 0 aromatic rings. The van der Waals surface area contributed by atoms with Crippen molar-refractivity contribution in [1.82, 2.24) is 15.3 Å². The Kier molecular flexibility index (Phi) is 6.37. The molecule has 0 aromatic heterocycles. The monoisotopic (exact) mass is 495 g/mol. The van der Waals surface area contributed by atoms with Crippen LogP contribution >= 0.6 is 0 Å². The van der Waals surface area contributed by atoms with Crippen molar-refractivity contribution in [3.63, 3.8) is 0 Å². The highest BCUT2D eigenvalue weighted by molar-refractivity contribution is 5.93. The zero-order valence-corrected chi connectivity index (χ0v) is 20.9. The molecule has 0 spiro atoms. The number of hydrogen-bond donors (Lipinski definition) is 1. The number of nitrogens with one attached hydrogen (secondary N) is 1. The van der Waals surface area contributed by atoms with Crippen LogP contribution in [0.25, 0.3) is 0 Å². The van der Waals surface area contributed by atoms with Crippen LogP contribution in [0.3, 0.4) is 0 Å². The highest BCUT2D eigenvalue weighted by Crippen LogP contribution is 2.49. The van der Waals surface area contributed by atoms with Crippen LogP contribution in [0.1, 0.15) is 60.8 Å². The summed E-state index contributed by atoms with van der Waals surface area (Å²) in [5.74, 6) is -0.643. The number of ether oxygens (including phenoxy) is 4. The average molecular weight is 496 g/mol. The summed E-state index contributed by atoms with van der Waals surface area (Å²) in [4.78, 5) is 56.6. The number of β-lactam (4-membered cyclic amide) rings is 1. The van der Waals surface area contributed by atoms with Gasteiger partial charge in [0.05, 0.1) is 6.04 Å². The Hall–Kier alpha value is -3.02. The molecule has 35 heavy (non-hydrogen) atoms. The highest BCUT2D eigenvalue weighted by atomic mass is 16.8. The van der Waals surface area contributed by atoms with Crippen LogP contribution in [0.15, 0.2) is 11.5 Å². The standard InChI is InChI=1S/C23H33N3O9/c1-22(2,3)33-20(29)32-18-14(11-31-19(28)24-12-7-8-12)13-9-10-25(16-15(13)26(18)17(16)27)35-21(30)34-23(4,5)6/h12-13,15-16H,7-11H2,1-6H3,(H,24,28)/t13?,15-,16+/m1/s1. The maximum atomic E-state index is 13.1. The minimum Gasteiger partial charge on any atom is -0.445 e. The van der Waals surface area contributed by atoms with Crippen LogP contribution in [0.5, 0.6) is 0 Å². The van der Waals surface area contributed by atoms with E-state index in [1.807, 2.05) is 0 Å². The van der Waals surface area contributed by atoms with Gasteiger partial charge in [-0.3, -0.25) is 9.69 Å². The molecule has 2 amide bonds. The van der Waals surface area contributed by atoms with Gasteiger partial charge in [0.2, 0.25) is 5.88 Å². The highest BCUT2D eigenvalue weighted by Gasteiger charge is 2.65. The molecule has 0 aromatic carbocycles. The first kappa shape index (κ1) is 25.1. The summed E-state index contributed by atoms with van der Waals surface area (Å²) < 4.78 is 21.3. The minimum atomic E-state index is -0.968. The average Bonchev–Trinajstić information content (AvgIpc) is 3.44. The first-order chi connectivity index (χ1) is 16.2. The zero-order valence-electron chi connectivity index (χ0n) is 20.9. The maximum Gasteiger partial charge on any atom is 0.528 e. The summed E-state index contributed by atoms with van der Waals surface area (Å²) in [5, 5.41) is 4.05. The van der Waals surface area contributed by atoms with Crippen molar-refractivity contribution in [2.45, 2.75) is 90.1 Å². The van der Waals surface area contributed by atoms with E-state index < -0.39 is 47.6 Å². The van der Waals surface area contributed by atoms with Crippen molar-refractivity contribution in [3.05, 3.63) is 11.5 Å². The van der Waals surface area contributed by atoms with E-state index in [-0.39, 0.29) is 31.0 Å². The molecule has 4 rings (SSSR count). The van der Waals surface area contributed by atoms with Gasteiger partial charge in [0.15, 0.2) is 0 Å². The molecule has 12 nitrogen and oxygen atoms in total. The Morgan fingerprint density at radius 3 is 2.20 bits per heavy atom. The normalized spacial score (nSPS) is 25.9. The molecular weight excluding hydrogens is 462 g/mol. The molecule has 4 aliphatic rings. The van der Waals surface area contributed by atoms with Crippen LogP contribution in [-0.4, -0.2) is 76.8 Å². The summed E-state index contributed by atoms with van der Waals surface area (Å²) in [6.45, 7) is 10.3. The number of amides is 2. The quantitative estimate of drug-likeness (QED) is 0.345. The second kappa shape index (κ2) is 8.89. The summed E-state index contributed by atoms with van der Waals surface area (Å²) >= 11 is 0. The van der Waals surface area contributed by atoms with Gasteiger partial charge in [-0.2, -0.15) is 0 Å². The van der Waals surface area contributed by atoms with E-state index in [0.29, 0.717) is 12.0 Å². The first-order valence-electron chi connectivity index (χ1n) is 11.8. The fourth-order valence-electron chi connectivity index (χ4n) is 4.37. The van der Waals surface area contributed by atoms with Gasteiger partial charge in [-0.25, -0.2) is 14.4 Å². The molecule has 2 saturated heterocycles. The van der Waals surface area contributed by atoms with Crippen molar-refractivity contribution in [2.24, 2.45) is 5.92 Å². The predicted molar refractivity (Wildman–Crippen MR) is 118 cm³/mol. The van der Waals surface area contributed by atoms with E-state index in [4.69, 9.17) is 23.8 Å². The van der Waals surface area contributed by atoms with Crippen molar-refractivity contribution in [2.75, 3.05) is 13.2 Å². The Morgan fingerprint density at radius 2 is 1.60 bits per heavy atom. The Balaban J connectivity index is 1.50. The molecule has 0 radical (unpaired) electrons. The lowest BCUT2D eigenvalue weighted by Crippen LogP contribution is -2.72. The second-order valence-electron chi connectivity index (χ2n) is 11.1. The molecule has 194 valence electrons. The Bertz CT molecular complexity index is 945.